The van der Waals surface area contributed by atoms with Crippen molar-refractivity contribution >= 4 is 65.4 Å². The van der Waals surface area contributed by atoms with Crippen LogP contribution in [0, 0.1) is 0 Å². The number of fused-ring (bicyclic) bond motifs is 9. The van der Waals surface area contributed by atoms with E-state index in [4.69, 9.17) is 21.8 Å². The molecule has 6 nitrogen and oxygen atoms in total. The Morgan fingerprint density at radius 1 is 0.368 bits per heavy atom. The first-order valence-corrected chi connectivity index (χ1v) is 18.8. The second-order valence-corrected chi connectivity index (χ2v) is 14.1. The number of aromatic nitrogens is 6. The molecule has 8 aromatic carbocycles. The normalized spacial score (nSPS) is 13.1. The minimum Gasteiger partial charge on any atom is -0.309 e. The maximum absolute atomic E-state index is 8.99. The average Bonchev–Trinajstić information content (AvgIpc) is 3.96. The second kappa shape index (κ2) is 12.3. The van der Waals surface area contributed by atoms with Gasteiger partial charge in [0.15, 0.2) is 11.6 Å². The van der Waals surface area contributed by atoms with Crippen LogP contribution in [0.25, 0.3) is 106 Å². The molecule has 0 spiro atoms. The summed E-state index contributed by atoms with van der Waals surface area (Å²) in [6.45, 7) is 0. The number of para-hydroxylation sites is 7. The van der Waals surface area contributed by atoms with Crippen LogP contribution >= 0.6 is 0 Å². The Hall–Kier alpha value is -7.83. The first kappa shape index (κ1) is 26.9. The molecule has 57 heavy (non-hydrogen) atoms. The number of benzene rings is 8. The molecule has 0 amide bonds. The zero-order valence-corrected chi connectivity index (χ0v) is 30.3. The van der Waals surface area contributed by atoms with Crippen molar-refractivity contribution in [3.8, 4) is 40.1 Å². The van der Waals surface area contributed by atoms with Crippen molar-refractivity contribution < 1.29 is 6.85 Å². The van der Waals surface area contributed by atoms with Crippen molar-refractivity contribution in [2.45, 2.75) is 0 Å². The van der Waals surface area contributed by atoms with Gasteiger partial charge in [0.25, 0.3) is 0 Å². The fourth-order valence-electron chi connectivity index (χ4n) is 8.60. The lowest BCUT2D eigenvalue weighted by molar-refractivity contribution is 0.952. The molecule has 0 saturated heterocycles. The molecule has 4 aromatic heterocycles. The summed E-state index contributed by atoms with van der Waals surface area (Å²) < 4.78 is 49.5. The highest BCUT2D eigenvalue weighted by molar-refractivity contribution is 6.12. The maximum Gasteiger partial charge on any atom is 0.238 e. The Morgan fingerprint density at radius 2 is 0.825 bits per heavy atom. The summed E-state index contributed by atoms with van der Waals surface area (Å²) in [6, 6.07) is 53.3. The first-order valence-electron chi connectivity index (χ1n) is 21.3. The Morgan fingerprint density at radius 3 is 1.40 bits per heavy atom. The molecular weight excluding hydrogens is 697 g/mol. The van der Waals surface area contributed by atoms with Crippen LogP contribution in [0.15, 0.2) is 194 Å². The second-order valence-electron chi connectivity index (χ2n) is 14.1. The van der Waals surface area contributed by atoms with Gasteiger partial charge in [0.1, 0.15) is 0 Å². The molecule has 0 fully saturated rings. The molecular formula is C51H32N6. The molecule has 0 saturated carbocycles. The molecule has 266 valence electrons. The minimum atomic E-state index is -0.443. The van der Waals surface area contributed by atoms with Crippen LogP contribution in [0.3, 0.4) is 0 Å². The predicted molar refractivity (Wildman–Crippen MR) is 234 cm³/mol. The average molecular weight is 734 g/mol. The van der Waals surface area contributed by atoms with E-state index in [1.54, 1.807) is 4.57 Å². The first-order chi connectivity index (χ1) is 30.4. The van der Waals surface area contributed by atoms with Crippen molar-refractivity contribution in [3.05, 3.63) is 194 Å². The van der Waals surface area contributed by atoms with Crippen molar-refractivity contribution in [2.24, 2.45) is 0 Å². The van der Waals surface area contributed by atoms with Gasteiger partial charge in [-0.15, -0.1) is 0 Å². The highest BCUT2D eigenvalue weighted by Crippen LogP contribution is 2.38. The summed E-state index contributed by atoms with van der Waals surface area (Å²) in [5.74, 6) is 1.31. The lowest BCUT2D eigenvalue weighted by Gasteiger charge is -2.15. The van der Waals surface area contributed by atoms with Gasteiger partial charge in [-0.05, 0) is 60.6 Å². The van der Waals surface area contributed by atoms with Crippen molar-refractivity contribution in [1.82, 2.24) is 28.7 Å². The van der Waals surface area contributed by atoms with E-state index in [1.807, 2.05) is 84.9 Å². The summed E-state index contributed by atoms with van der Waals surface area (Å²) in [5.41, 5.74) is 7.82. The molecule has 6 heteroatoms. The Kier molecular flexibility index (Phi) is 5.82. The smallest absolute Gasteiger partial charge is 0.238 e. The van der Waals surface area contributed by atoms with Gasteiger partial charge < -0.3 is 9.13 Å². The van der Waals surface area contributed by atoms with E-state index in [1.165, 1.54) is 0 Å². The van der Waals surface area contributed by atoms with E-state index in [-0.39, 0.29) is 17.8 Å². The van der Waals surface area contributed by atoms with Crippen LogP contribution < -0.4 is 0 Å². The summed E-state index contributed by atoms with van der Waals surface area (Å²) in [4.78, 5) is 15.9. The number of nitrogens with zero attached hydrogens (tertiary/aromatic N) is 6. The van der Waals surface area contributed by atoms with Crippen LogP contribution in [0.1, 0.15) is 6.85 Å². The summed E-state index contributed by atoms with van der Waals surface area (Å²) in [6.07, 6.45) is 0. The fraction of sp³-hybridized carbons (Fsp3) is 0. The number of hydrogen-bond donors (Lipinski definition) is 0. The van der Waals surface area contributed by atoms with Crippen molar-refractivity contribution in [2.75, 3.05) is 0 Å². The summed E-state index contributed by atoms with van der Waals surface area (Å²) in [5, 5.41) is 6.16. The quantitative estimate of drug-likeness (QED) is 0.177. The number of rotatable bonds is 5. The monoisotopic (exact) mass is 733 g/mol. The van der Waals surface area contributed by atoms with Crippen LogP contribution in [-0.2, 0) is 0 Å². The van der Waals surface area contributed by atoms with Gasteiger partial charge in [0.2, 0.25) is 5.95 Å². The topological polar surface area (TPSA) is 53.5 Å². The van der Waals surface area contributed by atoms with E-state index in [2.05, 4.69) is 88.0 Å². The van der Waals surface area contributed by atoms with E-state index in [9.17, 15) is 0 Å². The SMILES string of the molecule is [2H]c1c([2H])c([2H])c(-n2c3ccccc3c3ccc(-c4nc(-c5ccccc5-n5c6ccccc6c6ccccc65)nc(-n5c6ccccc6c6ccccc65)n4)cc32)c([2H])c1[2H]. The molecule has 0 unspecified atom stereocenters. The third-order valence-corrected chi connectivity index (χ3v) is 11.0. The van der Waals surface area contributed by atoms with Gasteiger partial charge in [0.05, 0.1) is 45.6 Å². The molecule has 0 atom stereocenters. The van der Waals surface area contributed by atoms with Gasteiger partial charge in [-0.1, -0.05) is 133 Å². The van der Waals surface area contributed by atoms with E-state index >= 15 is 0 Å². The van der Waals surface area contributed by atoms with E-state index in [0.29, 0.717) is 34.2 Å². The van der Waals surface area contributed by atoms with Crippen LogP contribution in [0.5, 0.6) is 0 Å². The van der Waals surface area contributed by atoms with Gasteiger partial charge in [-0.2, -0.15) is 9.97 Å². The summed E-state index contributed by atoms with van der Waals surface area (Å²) >= 11 is 0. The zero-order valence-electron chi connectivity index (χ0n) is 35.3. The highest BCUT2D eigenvalue weighted by Gasteiger charge is 2.22. The molecule has 0 radical (unpaired) electrons. The highest BCUT2D eigenvalue weighted by atomic mass is 15.2. The van der Waals surface area contributed by atoms with Crippen LogP contribution in [-0.4, -0.2) is 28.7 Å². The Labute approximate surface area is 334 Å². The Balaban J connectivity index is 1.17. The van der Waals surface area contributed by atoms with Gasteiger partial charge in [-0.25, -0.2) is 4.98 Å². The Bertz CT molecular complexity index is 3710. The number of hydrogen-bond acceptors (Lipinski definition) is 3. The van der Waals surface area contributed by atoms with Crippen LogP contribution in [0.4, 0.5) is 0 Å². The molecule has 12 aromatic rings. The van der Waals surface area contributed by atoms with Gasteiger partial charge in [-0.3, -0.25) is 4.57 Å². The van der Waals surface area contributed by atoms with Crippen molar-refractivity contribution in [3.63, 3.8) is 0 Å². The third kappa shape index (κ3) is 4.74. The predicted octanol–water partition coefficient (Wildman–Crippen LogP) is 12.5. The molecule has 0 N–H and O–H groups in total. The van der Waals surface area contributed by atoms with Crippen molar-refractivity contribution in [1.29, 1.82) is 0 Å². The standard InChI is InChI=1S/C51H32N6/c1-2-16-34(17-3-1)55-42-24-10-4-22-39(42)40-31-30-33(32-48(40)55)49-52-50(54-51(53-49)57-45-27-13-7-20-37(45)38-21-8-14-28-46(38)57)41-23-9-15-29-47(41)56-43-25-11-5-18-35(43)36-19-6-12-26-44(36)56/h1-32H/i1D,2D,3D,16D,17D. The molecule has 0 aliphatic rings. The molecule has 0 aliphatic carbocycles. The van der Waals surface area contributed by atoms with E-state index in [0.717, 1.165) is 65.6 Å². The summed E-state index contributed by atoms with van der Waals surface area (Å²) in [7, 11) is 0. The molecule has 12 rings (SSSR count). The third-order valence-electron chi connectivity index (χ3n) is 11.0. The lowest BCUT2D eigenvalue weighted by Crippen LogP contribution is -2.08. The van der Waals surface area contributed by atoms with E-state index < -0.39 is 18.1 Å². The van der Waals surface area contributed by atoms with Gasteiger partial charge in [0, 0.05) is 49.1 Å². The molecule has 4 heterocycles. The lowest BCUT2D eigenvalue weighted by atomic mass is 10.1. The molecule has 0 aliphatic heterocycles. The largest absolute Gasteiger partial charge is 0.309 e. The van der Waals surface area contributed by atoms with Crippen LogP contribution in [0.2, 0.25) is 0 Å². The van der Waals surface area contributed by atoms with Gasteiger partial charge >= 0.3 is 0 Å². The zero-order chi connectivity index (χ0) is 41.8. The fourth-order valence-corrected chi connectivity index (χ4v) is 8.60. The molecule has 0 bridgehead atoms. The maximum atomic E-state index is 8.99. The minimum absolute atomic E-state index is 0.0711.